The molecule has 0 fully saturated rings. The van der Waals surface area contributed by atoms with Crippen molar-refractivity contribution in [1.29, 1.82) is 0 Å². The van der Waals surface area contributed by atoms with Gasteiger partial charge in [0.1, 0.15) is 17.9 Å². The lowest BCUT2D eigenvalue weighted by Gasteiger charge is -2.12. The third-order valence-electron chi connectivity index (χ3n) is 3.16. The van der Waals surface area contributed by atoms with Gasteiger partial charge in [-0.1, -0.05) is 13.0 Å². The summed E-state index contributed by atoms with van der Waals surface area (Å²) >= 11 is 3.44. The number of hydrogen-bond acceptors (Lipinski definition) is 5. The Morgan fingerprint density at radius 1 is 1.41 bits per heavy atom. The third-order valence-corrected chi connectivity index (χ3v) is 3.78. The fraction of sp³-hybridized carbons (Fsp3) is 0.267. The van der Waals surface area contributed by atoms with E-state index in [1.807, 2.05) is 18.2 Å². The molecule has 3 N–H and O–H groups in total. The minimum absolute atomic E-state index is 0.000729. The van der Waals surface area contributed by atoms with Crippen molar-refractivity contribution in [2.75, 3.05) is 5.73 Å². The van der Waals surface area contributed by atoms with E-state index in [-0.39, 0.29) is 23.8 Å². The molecule has 116 valence electrons. The van der Waals surface area contributed by atoms with Crippen LogP contribution in [0.25, 0.3) is 0 Å². The Hall–Kier alpha value is -2.15. The van der Waals surface area contributed by atoms with Crippen molar-refractivity contribution < 1.29 is 14.6 Å². The molecular weight excluding hydrogens is 350 g/mol. The van der Waals surface area contributed by atoms with Crippen molar-refractivity contribution in [3.63, 3.8) is 0 Å². The lowest BCUT2D eigenvalue weighted by atomic mass is 10.1. The Balaban J connectivity index is 2.27. The minimum Gasteiger partial charge on any atom is -0.486 e. The number of anilines is 1. The van der Waals surface area contributed by atoms with Crippen LogP contribution in [0.2, 0.25) is 0 Å². The minimum atomic E-state index is -1.10. The first-order chi connectivity index (χ1) is 10.4. The zero-order valence-corrected chi connectivity index (χ0v) is 13.8. The molecule has 1 heterocycles. The van der Waals surface area contributed by atoms with Gasteiger partial charge in [-0.2, -0.15) is 0 Å². The van der Waals surface area contributed by atoms with Gasteiger partial charge in [0.25, 0.3) is 0 Å². The molecule has 0 amide bonds. The van der Waals surface area contributed by atoms with E-state index in [0.717, 1.165) is 10.9 Å². The molecule has 0 saturated carbocycles. The van der Waals surface area contributed by atoms with E-state index in [4.69, 9.17) is 10.5 Å². The van der Waals surface area contributed by atoms with Crippen LogP contribution in [0.5, 0.6) is 5.75 Å². The van der Waals surface area contributed by atoms with Crippen LogP contribution in [0.3, 0.4) is 0 Å². The number of nitrogen functional groups attached to an aromatic ring is 1. The monoisotopic (exact) mass is 365 g/mol. The zero-order valence-electron chi connectivity index (χ0n) is 12.3. The predicted octanol–water partition coefficient (Wildman–Crippen LogP) is 2.97. The molecule has 1 aromatic carbocycles. The highest BCUT2D eigenvalue weighted by molar-refractivity contribution is 9.10. The van der Waals surface area contributed by atoms with E-state index < -0.39 is 5.97 Å². The van der Waals surface area contributed by atoms with Crippen molar-refractivity contribution in [1.82, 2.24) is 9.97 Å². The molecule has 7 heteroatoms. The Morgan fingerprint density at radius 3 is 2.73 bits per heavy atom. The smallest absolute Gasteiger partial charge is 0.339 e. The summed E-state index contributed by atoms with van der Waals surface area (Å²) in [5.41, 5.74) is 7.35. The molecule has 2 rings (SSSR count). The van der Waals surface area contributed by atoms with E-state index in [1.54, 1.807) is 6.92 Å². The molecule has 0 aliphatic rings. The van der Waals surface area contributed by atoms with Crippen LogP contribution in [0, 0.1) is 6.92 Å². The maximum absolute atomic E-state index is 11.3. The summed E-state index contributed by atoms with van der Waals surface area (Å²) < 4.78 is 6.47. The van der Waals surface area contributed by atoms with Crippen molar-refractivity contribution in [3.05, 3.63) is 45.2 Å². The first-order valence-corrected chi connectivity index (χ1v) is 7.49. The highest BCUT2D eigenvalue weighted by Crippen LogP contribution is 2.27. The van der Waals surface area contributed by atoms with Gasteiger partial charge < -0.3 is 15.6 Å². The van der Waals surface area contributed by atoms with E-state index in [0.29, 0.717) is 11.4 Å². The van der Waals surface area contributed by atoms with Gasteiger partial charge in [0.2, 0.25) is 5.95 Å². The first-order valence-electron chi connectivity index (χ1n) is 6.69. The Bertz CT molecular complexity index is 719. The number of halogens is 1. The molecule has 0 radical (unpaired) electrons. The number of aromatic carboxylic acids is 1. The van der Waals surface area contributed by atoms with Crippen molar-refractivity contribution in [2.24, 2.45) is 0 Å². The molecule has 0 aliphatic carbocycles. The van der Waals surface area contributed by atoms with Gasteiger partial charge in [-0.25, -0.2) is 14.8 Å². The van der Waals surface area contributed by atoms with Gasteiger partial charge >= 0.3 is 5.97 Å². The van der Waals surface area contributed by atoms with Crippen LogP contribution in [-0.4, -0.2) is 21.0 Å². The van der Waals surface area contributed by atoms with Crippen molar-refractivity contribution >= 4 is 27.8 Å². The zero-order chi connectivity index (χ0) is 16.3. The Morgan fingerprint density at radius 2 is 2.14 bits per heavy atom. The summed E-state index contributed by atoms with van der Waals surface area (Å²) in [7, 11) is 0. The summed E-state index contributed by atoms with van der Waals surface area (Å²) in [4.78, 5) is 19.2. The molecule has 6 nitrogen and oxygen atoms in total. The van der Waals surface area contributed by atoms with E-state index in [9.17, 15) is 9.90 Å². The highest BCUT2D eigenvalue weighted by atomic mass is 79.9. The average molecular weight is 366 g/mol. The maximum Gasteiger partial charge on any atom is 0.339 e. The van der Waals surface area contributed by atoms with Gasteiger partial charge in [-0.05, 0) is 47.0 Å². The molecule has 0 bridgehead atoms. The standard InChI is InChI=1S/C15H16BrN3O3/c1-3-9-4-5-12(10(16)6-9)22-7-11-13(14(20)21)8(2)18-15(17)19-11/h4-6H,3,7H2,1-2H3,(H,20,21)(H2,17,18,19). The number of aryl methyl sites for hydroxylation is 2. The van der Waals surface area contributed by atoms with Crippen molar-refractivity contribution in [2.45, 2.75) is 26.9 Å². The molecule has 22 heavy (non-hydrogen) atoms. The molecule has 2 aromatic rings. The number of benzene rings is 1. The topological polar surface area (TPSA) is 98.3 Å². The van der Waals surface area contributed by atoms with Gasteiger partial charge in [0.05, 0.1) is 15.9 Å². The summed E-state index contributed by atoms with van der Waals surface area (Å²) in [5.74, 6) is -0.457. The normalized spacial score (nSPS) is 10.5. The SMILES string of the molecule is CCc1ccc(OCc2nc(N)nc(C)c2C(=O)O)c(Br)c1. The van der Waals surface area contributed by atoms with Crippen LogP contribution < -0.4 is 10.5 Å². The molecule has 0 unspecified atom stereocenters. The van der Waals surface area contributed by atoms with Crippen LogP contribution in [0.1, 0.15) is 34.2 Å². The average Bonchev–Trinajstić information content (AvgIpc) is 2.44. The van der Waals surface area contributed by atoms with Gasteiger partial charge in [-0.3, -0.25) is 0 Å². The molecule has 1 aromatic heterocycles. The third kappa shape index (κ3) is 3.54. The maximum atomic E-state index is 11.3. The number of ether oxygens (including phenoxy) is 1. The number of carboxylic acids is 1. The number of hydrogen-bond donors (Lipinski definition) is 2. The first kappa shape index (κ1) is 16.2. The Kier molecular flexibility index (Phi) is 4.97. The number of aromatic nitrogens is 2. The van der Waals surface area contributed by atoms with Crippen molar-refractivity contribution in [3.8, 4) is 5.75 Å². The number of rotatable bonds is 5. The van der Waals surface area contributed by atoms with E-state index >= 15 is 0 Å². The second-order valence-electron chi connectivity index (χ2n) is 4.70. The molecule has 0 atom stereocenters. The van der Waals surface area contributed by atoms with E-state index in [2.05, 4.69) is 32.8 Å². The second-order valence-corrected chi connectivity index (χ2v) is 5.56. The predicted molar refractivity (Wildman–Crippen MR) is 86.0 cm³/mol. The molecule has 0 spiro atoms. The molecular formula is C15H16BrN3O3. The Labute approximate surface area is 136 Å². The summed E-state index contributed by atoms with van der Waals surface area (Å²) in [5, 5.41) is 9.27. The number of carboxylic acid groups (broad SMARTS) is 1. The number of nitrogens with zero attached hydrogens (tertiary/aromatic N) is 2. The van der Waals surface area contributed by atoms with Gasteiger partial charge in [-0.15, -0.1) is 0 Å². The van der Waals surface area contributed by atoms with Crippen LogP contribution in [0.4, 0.5) is 5.95 Å². The lowest BCUT2D eigenvalue weighted by Crippen LogP contribution is -2.14. The van der Waals surface area contributed by atoms with Gasteiger partial charge in [0, 0.05) is 0 Å². The summed E-state index contributed by atoms with van der Waals surface area (Å²) in [6, 6.07) is 5.76. The van der Waals surface area contributed by atoms with Crippen LogP contribution in [-0.2, 0) is 13.0 Å². The van der Waals surface area contributed by atoms with Gasteiger partial charge in [0.15, 0.2) is 0 Å². The molecule has 0 aliphatic heterocycles. The largest absolute Gasteiger partial charge is 0.486 e. The summed E-state index contributed by atoms with van der Waals surface area (Å²) in [6.45, 7) is 3.64. The lowest BCUT2D eigenvalue weighted by molar-refractivity contribution is 0.0691. The second kappa shape index (κ2) is 6.74. The fourth-order valence-electron chi connectivity index (χ4n) is 2.07. The number of carbonyl (C=O) groups is 1. The summed E-state index contributed by atoms with van der Waals surface area (Å²) in [6.07, 6.45) is 0.920. The quantitative estimate of drug-likeness (QED) is 0.844. The fourth-order valence-corrected chi connectivity index (χ4v) is 2.61. The van der Waals surface area contributed by atoms with Crippen LogP contribution >= 0.6 is 15.9 Å². The number of nitrogens with two attached hydrogens (primary N) is 1. The van der Waals surface area contributed by atoms with Crippen LogP contribution in [0.15, 0.2) is 22.7 Å². The highest BCUT2D eigenvalue weighted by Gasteiger charge is 2.18. The molecule has 0 saturated heterocycles. The van der Waals surface area contributed by atoms with E-state index in [1.165, 1.54) is 5.56 Å².